The van der Waals surface area contributed by atoms with Crippen LogP contribution in [0.1, 0.15) is 0 Å². The normalized spacial score (nSPS) is 11.1. The average molecular weight is 1080 g/mol. The first-order chi connectivity index (χ1) is 32.3. The van der Waals surface area contributed by atoms with Crippen molar-refractivity contribution in [3.63, 3.8) is 0 Å². The highest BCUT2D eigenvalue weighted by Gasteiger charge is 2.49. The largest absolute Gasteiger partial charge is 0.413 e. The zero-order chi connectivity index (χ0) is 53.9. The molecule has 0 saturated heterocycles. The Morgan fingerprint density at radius 2 is 0.200 bits per heavy atom. The summed E-state index contributed by atoms with van der Waals surface area (Å²) in [7, 11) is 0. The molecule has 0 bridgehead atoms. The van der Waals surface area contributed by atoms with Gasteiger partial charge in [-0.25, -0.2) is 137 Å². The summed E-state index contributed by atoms with van der Waals surface area (Å²) in [5.74, 6) is -89.2. The van der Waals surface area contributed by atoms with Crippen molar-refractivity contribution in [2.45, 2.75) is 0 Å². The van der Waals surface area contributed by atoms with E-state index in [1.165, 1.54) is 0 Å². The molecular weight excluding hydrogens is 1080 g/mol. The smallest absolute Gasteiger partial charge is 0.205 e. The van der Waals surface area contributed by atoms with E-state index >= 15 is 0 Å². The molecule has 6 rings (SSSR count). The maximum Gasteiger partial charge on any atom is 0.413 e. The SMILES string of the molecule is C#N.Fc1c(F)c(F)[c]([Al]([c]2c(F)c(F)c(F)c(F)c2F)[c]2c(F)c(F)c(F)c(F)c2F)c(F)c1F.Fc1c(F)c(F)[c]([Al]([c]2c(F)c(F)c(F)c(F)c2F)[c]2c(F)c(F)c(F)c(F)c2F)c(F)c1F. The number of nitrogens with zero attached hydrogens (tertiary/aromatic N) is 1. The van der Waals surface area contributed by atoms with Crippen molar-refractivity contribution >= 4 is 54.8 Å². The molecule has 370 valence electrons. The summed E-state index contributed by atoms with van der Waals surface area (Å²) < 4.78 is 403. The van der Waals surface area contributed by atoms with Gasteiger partial charge in [-0.05, 0) is 26.6 Å². The Balaban J connectivity index is 0.000000294. The molecule has 0 fully saturated rings. The van der Waals surface area contributed by atoms with Gasteiger partial charge in [-0.3, -0.25) is 0 Å². The Morgan fingerprint density at radius 1 is 0.143 bits per heavy atom. The van der Waals surface area contributed by atoms with E-state index in [0.717, 1.165) is 0 Å². The molecule has 1 nitrogen and oxygen atoms in total. The number of benzene rings is 6. The standard InChI is InChI=1S/6C6F5.CHN.2Al/c6*7-2-1-3(8)5(10)6(11)4(2)9;1-2;;/h;;;;;;1H;;. The Kier molecular flexibility index (Phi) is 16.6. The molecule has 0 aromatic heterocycles. The molecular formula is C37HAl2F30N. The minimum atomic E-state index is -5.96. The third kappa shape index (κ3) is 8.72. The van der Waals surface area contributed by atoms with Gasteiger partial charge in [-0.2, -0.15) is 0 Å². The van der Waals surface area contributed by atoms with Crippen LogP contribution in [0.2, 0.25) is 0 Å². The molecule has 0 atom stereocenters. The molecule has 70 heavy (non-hydrogen) atoms. The van der Waals surface area contributed by atoms with Gasteiger partial charge >= 0.3 is 28.3 Å². The molecule has 0 aliphatic heterocycles. The minimum Gasteiger partial charge on any atom is -0.205 e. The van der Waals surface area contributed by atoms with Gasteiger partial charge in [0.25, 0.3) is 0 Å². The molecule has 0 heterocycles. The molecule has 0 amide bonds. The van der Waals surface area contributed by atoms with Gasteiger partial charge in [0.1, 0.15) is 0 Å². The van der Waals surface area contributed by atoms with Gasteiger partial charge in [0.15, 0.2) is 175 Å². The molecule has 6 aromatic rings. The van der Waals surface area contributed by atoms with Crippen molar-refractivity contribution in [3.05, 3.63) is 175 Å². The average Bonchev–Trinajstić information content (AvgIpc) is 3.34. The van der Waals surface area contributed by atoms with Crippen LogP contribution in [-0.2, 0) is 0 Å². The van der Waals surface area contributed by atoms with Gasteiger partial charge < -0.3 is 0 Å². The Bertz CT molecular complexity index is 2500. The summed E-state index contributed by atoms with van der Waals surface area (Å²) >= 11 is -11.9. The number of hydrogen-bond acceptors (Lipinski definition) is 1. The second-order valence-corrected chi connectivity index (χ2v) is 18.0. The van der Waals surface area contributed by atoms with Crippen LogP contribution in [0.5, 0.6) is 0 Å². The van der Waals surface area contributed by atoms with Gasteiger partial charge in [-0.1, -0.05) is 0 Å². The third-order valence-electron chi connectivity index (χ3n) is 9.19. The highest BCUT2D eigenvalue weighted by Crippen LogP contribution is 2.26. The van der Waals surface area contributed by atoms with Crippen molar-refractivity contribution in [3.8, 4) is 6.57 Å². The third-order valence-corrected chi connectivity index (χ3v) is 15.7. The molecule has 0 radical (unpaired) electrons. The summed E-state index contributed by atoms with van der Waals surface area (Å²) in [6.07, 6.45) is 0. The first-order valence-corrected chi connectivity index (χ1v) is 20.1. The predicted molar refractivity (Wildman–Crippen MR) is 173 cm³/mol. The van der Waals surface area contributed by atoms with E-state index in [-0.39, 0.29) is 0 Å². The summed E-state index contributed by atoms with van der Waals surface area (Å²) in [5.41, 5.74) is 0. The van der Waals surface area contributed by atoms with Gasteiger partial charge in [0.05, 0.1) is 0 Å². The summed E-state index contributed by atoms with van der Waals surface area (Å²) in [6, 6.07) is 0. The van der Waals surface area contributed by atoms with E-state index in [4.69, 9.17) is 5.26 Å². The first kappa shape index (κ1) is 56.4. The van der Waals surface area contributed by atoms with Crippen molar-refractivity contribution in [2.24, 2.45) is 0 Å². The van der Waals surface area contributed by atoms with E-state index in [1.807, 2.05) is 0 Å². The van der Waals surface area contributed by atoms with Crippen LogP contribution in [0.15, 0.2) is 0 Å². The lowest BCUT2D eigenvalue weighted by atomic mass is 10.3. The molecule has 0 saturated carbocycles. The lowest BCUT2D eigenvalue weighted by Crippen LogP contribution is -2.60. The fraction of sp³-hybridized carbons (Fsp3) is 0. The Hall–Kier alpha value is -6.23. The van der Waals surface area contributed by atoms with Crippen LogP contribution in [0.3, 0.4) is 0 Å². The van der Waals surface area contributed by atoms with Gasteiger partial charge in [0.2, 0.25) is 0 Å². The number of hydrogen-bond donors (Lipinski definition) is 0. The van der Waals surface area contributed by atoms with Crippen LogP contribution in [0.25, 0.3) is 0 Å². The fourth-order valence-electron chi connectivity index (χ4n) is 6.12. The van der Waals surface area contributed by atoms with Gasteiger partial charge in [-0.15, -0.1) is 0 Å². The highest BCUT2D eigenvalue weighted by molar-refractivity contribution is 6.96. The molecule has 33 heteroatoms. The second-order valence-electron chi connectivity index (χ2n) is 12.8. The lowest BCUT2D eigenvalue weighted by Gasteiger charge is -2.20. The van der Waals surface area contributed by atoms with E-state index in [0.29, 0.717) is 0 Å². The van der Waals surface area contributed by atoms with Crippen molar-refractivity contribution < 1.29 is 132 Å². The minimum absolute atomic E-state index is 2.54. The van der Waals surface area contributed by atoms with Crippen molar-refractivity contribution in [1.82, 2.24) is 0 Å². The highest BCUT2D eigenvalue weighted by atomic mass is 27.2. The van der Waals surface area contributed by atoms with Crippen LogP contribution < -0.4 is 26.6 Å². The number of halogens is 30. The van der Waals surface area contributed by atoms with E-state index in [9.17, 15) is 132 Å². The van der Waals surface area contributed by atoms with E-state index in [2.05, 4.69) is 6.57 Å². The number of nitriles is 1. The summed E-state index contributed by atoms with van der Waals surface area (Å²) in [5, 5.41) is 6.50. The van der Waals surface area contributed by atoms with Crippen LogP contribution in [-0.4, -0.2) is 28.3 Å². The summed E-state index contributed by atoms with van der Waals surface area (Å²) in [4.78, 5) is 0. The van der Waals surface area contributed by atoms with Crippen LogP contribution >= 0.6 is 0 Å². The molecule has 0 aliphatic carbocycles. The molecule has 0 aliphatic rings. The Labute approximate surface area is 372 Å². The zero-order valence-corrected chi connectivity index (χ0v) is 33.8. The summed E-state index contributed by atoms with van der Waals surface area (Å²) in [6.45, 7) is 3.50. The maximum absolute atomic E-state index is 14.4. The van der Waals surface area contributed by atoms with Crippen molar-refractivity contribution in [1.29, 1.82) is 5.26 Å². The van der Waals surface area contributed by atoms with Crippen LogP contribution in [0.4, 0.5) is 132 Å². The molecule has 0 spiro atoms. The predicted octanol–water partition coefficient (Wildman–Crippen LogP) is 8.72. The molecule has 6 aromatic carbocycles. The van der Waals surface area contributed by atoms with Gasteiger partial charge in [0, 0.05) is 6.57 Å². The topological polar surface area (TPSA) is 23.8 Å². The van der Waals surface area contributed by atoms with Crippen molar-refractivity contribution in [2.75, 3.05) is 0 Å². The first-order valence-electron chi connectivity index (χ1n) is 16.7. The fourth-order valence-corrected chi connectivity index (χ4v) is 12.4. The molecule has 0 unspecified atom stereocenters. The zero-order valence-electron chi connectivity index (χ0n) is 31.5. The quantitative estimate of drug-likeness (QED) is 0.0710. The second kappa shape index (κ2) is 20.6. The van der Waals surface area contributed by atoms with E-state index in [1.54, 1.807) is 0 Å². The van der Waals surface area contributed by atoms with Crippen LogP contribution in [0, 0.1) is 186 Å². The monoisotopic (exact) mass is 1080 g/mol. The van der Waals surface area contributed by atoms with E-state index < -0.39 is 229 Å². The number of rotatable bonds is 6. The molecule has 0 N–H and O–H groups in total. The lowest BCUT2D eigenvalue weighted by molar-refractivity contribution is 0.380. The maximum atomic E-state index is 14.4. The Morgan fingerprint density at radius 3 is 0.271 bits per heavy atom.